The van der Waals surface area contributed by atoms with Crippen LogP contribution in [0.2, 0.25) is 0 Å². The summed E-state index contributed by atoms with van der Waals surface area (Å²) in [5, 5.41) is 2.49. The molecule has 1 aliphatic heterocycles. The molecule has 2 amide bonds. The monoisotopic (exact) mass is 200 g/mol. The van der Waals surface area contributed by atoms with Gasteiger partial charge in [0.2, 0.25) is 0 Å². The highest BCUT2D eigenvalue weighted by Gasteiger charge is 2.24. The topological polar surface area (TPSA) is 73.9 Å². The summed E-state index contributed by atoms with van der Waals surface area (Å²) >= 11 is 0. The van der Waals surface area contributed by atoms with Crippen molar-refractivity contribution in [3.05, 3.63) is 12.3 Å². The molecule has 1 saturated heterocycles. The van der Waals surface area contributed by atoms with Gasteiger partial charge in [-0.05, 0) is 6.92 Å². The van der Waals surface area contributed by atoms with E-state index in [-0.39, 0.29) is 6.03 Å². The predicted molar refractivity (Wildman–Crippen MR) is 47.0 cm³/mol. The first-order chi connectivity index (χ1) is 6.69. The average molecular weight is 200 g/mol. The Morgan fingerprint density at radius 3 is 2.79 bits per heavy atom. The lowest BCUT2D eigenvalue weighted by Gasteiger charge is -2.09. The predicted octanol–water partition coefficient (Wildman–Crippen LogP) is -0.645. The fourth-order valence-corrected chi connectivity index (χ4v) is 0.859. The number of nitrogens with zero attached hydrogens (tertiary/aromatic N) is 2. The molecule has 0 radical (unpaired) electrons. The second kappa shape index (κ2) is 4.58. The summed E-state index contributed by atoms with van der Waals surface area (Å²) < 4.78 is 4.37. The van der Waals surface area contributed by atoms with Gasteiger partial charge in [-0.2, -0.15) is 0 Å². The Morgan fingerprint density at radius 2 is 2.29 bits per heavy atom. The van der Waals surface area contributed by atoms with E-state index in [0.717, 1.165) is 11.1 Å². The van der Waals surface area contributed by atoms with Gasteiger partial charge < -0.3 is 4.74 Å². The summed E-state index contributed by atoms with van der Waals surface area (Å²) in [5.74, 6) is -0.519. The highest BCUT2D eigenvalue weighted by molar-refractivity contribution is 5.83. The Kier molecular flexibility index (Phi) is 3.43. The van der Waals surface area contributed by atoms with Crippen LogP contribution in [0, 0.1) is 0 Å². The van der Waals surface area contributed by atoms with Crippen molar-refractivity contribution in [3.63, 3.8) is 0 Å². The standard InChI is InChI=1S/C7H12N4O3/c1-3-10-7(13)11(9-8-10)5-4-6(12)14-2/h4-5,8-9H,3H2,1-2H3/b5-4-. The Hall–Kier alpha value is -1.60. The van der Waals surface area contributed by atoms with E-state index in [1.807, 2.05) is 6.92 Å². The Balaban J connectivity index is 2.52. The Morgan fingerprint density at radius 1 is 1.57 bits per heavy atom. The second-order valence-corrected chi connectivity index (χ2v) is 2.46. The lowest BCUT2D eigenvalue weighted by Crippen LogP contribution is -2.37. The van der Waals surface area contributed by atoms with Crippen LogP contribution in [-0.2, 0) is 9.53 Å². The maximum absolute atomic E-state index is 11.4. The smallest absolute Gasteiger partial charge is 0.355 e. The molecule has 0 unspecified atom stereocenters. The van der Waals surface area contributed by atoms with Gasteiger partial charge in [-0.25, -0.2) is 19.6 Å². The number of carbonyl (C=O) groups is 2. The molecule has 0 atom stereocenters. The van der Waals surface area contributed by atoms with Gasteiger partial charge in [-0.1, -0.05) is 0 Å². The Labute approximate surface area is 81.2 Å². The fraction of sp³-hybridized carbons (Fsp3) is 0.429. The SMILES string of the molecule is CCN1NNN(/C=C\C(=O)OC)C1=O. The number of carbonyl (C=O) groups excluding carboxylic acids is 2. The molecule has 0 bridgehead atoms. The van der Waals surface area contributed by atoms with Gasteiger partial charge >= 0.3 is 12.0 Å². The molecule has 0 aromatic rings. The maximum Gasteiger partial charge on any atom is 0.355 e. The van der Waals surface area contributed by atoms with Crippen molar-refractivity contribution in [3.8, 4) is 0 Å². The molecule has 78 valence electrons. The molecule has 7 heteroatoms. The minimum absolute atomic E-state index is 0.285. The molecule has 7 nitrogen and oxygen atoms in total. The number of methoxy groups -OCH3 is 1. The minimum Gasteiger partial charge on any atom is -0.466 e. The molecule has 1 fully saturated rings. The van der Waals surface area contributed by atoms with E-state index in [0.29, 0.717) is 6.54 Å². The van der Waals surface area contributed by atoms with Crippen LogP contribution in [0.25, 0.3) is 0 Å². The molecule has 1 rings (SSSR count). The maximum atomic E-state index is 11.4. The van der Waals surface area contributed by atoms with Crippen LogP contribution < -0.4 is 11.1 Å². The number of rotatable bonds is 3. The summed E-state index contributed by atoms with van der Waals surface area (Å²) in [6, 6.07) is -0.285. The van der Waals surface area contributed by atoms with Crippen LogP contribution in [0.4, 0.5) is 4.79 Å². The highest BCUT2D eigenvalue weighted by Crippen LogP contribution is 1.99. The molecule has 0 saturated carbocycles. The molecule has 0 spiro atoms. The lowest BCUT2D eigenvalue weighted by molar-refractivity contribution is -0.134. The van der Waals surface area contributed by atoms with E-state index in [1.54, 1.807) is 0 Å². The van der Waals surface area contributed by atoms with E-state index in [1.165, 1.54) is 18.3 Å². The Bertz CT molecular complexity index is 266. The third-order valence-corrected chi connectivity index (χ3v) is 1.62. The van der Waals surface area contributed by atoms with Crippen molar-refractivity contribution >= 4 is 12.0 Å². The van der Waals surface area contributed by atoms with Crippen LogP contribution >= 0.6 is 0 Å². The summed E-state index contributed by atoms with van der Waals surface area (Å²) in [5.41, 5.74) is 5.16. The van der Waals surface area contributed by atoms with Gasteiger partial charge in [-0.15, -0.1) is 11.1 Å². The zero-order valence-electron chi connectivity index (χ0n) is 7.98. The highest BCUT2D eigenvalue weighted by atomic mass is 16.5. The quantitative estimate of drug-likeness (QED) is 0.468. The zero-order chi connectivity index (χ0) is 10.6. The van der Waals surface area contributed by atoms with Crippen LogP contribution in [0.3, 0.4) is 0 Å². The number of hydrogen-bond acceptors (Lipinski definition) is 5. The molecular weight excluding hydrogens is 188 g/mol. The zero-order valence-corrected chi connectivity index (χ0v) is 7.98. The van der Waals surface area contributed by atoms with Crippen molar-refractivity contribution in [1.82, 2.24) is 21.1 Å². The van der Waals surface area contributed by atoms with Gasteiger partial charge in [0.25, 0.3) is 0 Å². The van der Waals surface area contributed by atoms with Gasteiger partial charge in [0, 0.05) is 18.8 Å². The second-order valence-electron chi connectivity index (χ2n) is 2.46. The molecule has 0 aromatic carbocycles. The first-order valence-electron chi connectivity index (χ1n) is 4.07. The first-order valence-corrected chi connectivity index (χ1v) is 4.07. The number of hydrogen-bond donors (Lipinski definition) is 2. The largest absolute Gasteiger partial charge is 0.466 e. The lowest BCUT2D eigenvalue weighted by atomic mass is 10.6. The number of hydrazine groups is 3. The third kappa shape index (κ3) is 2.21. The van der Waals surface area contributed by atoms with Gasteiger partial charge in [0.1, 0.15) is 0 Å². The number of amides is 2. The molecular formula is C7H12N4O3. The third-order valence-electron chi connectivity index (χ3n) is 1.62. The van der Waals surface area contributed by atoms with Crippen LogP contribution in [0.15, 0.2) is 12.3 Å². The van der Waals surface area contributed by atoms with Crippen molar-refractivity contribution in [2.24, 2.45) is 0 Å². The molecule has 0 aliphatic carbocycles. The van der Waals surface area contributed by atoms with E-state index >= 15 is 0 Å². The molecule has 0 aromatic heterocycles. The molecule has 1 aliphatic rings. The van der Waals surface area contributed by atoms with Gasteiger partial charge in [0.05, 0.1) is 7.11 Å². The van der Waals surface area contributed by atoms with Crippen molar-refractivity contribution in [2.75, 3.05) is 13.7 Å². The molecule has 1 heterocycles. The summed E-state index contributed by atoms with van der Waals surface area (Å²) in [6.07, 6.45) is 2.43. The number of esters is 1. The number of nitrogens with one attached hydrogen (secondary N) is 2. The van der Waals surface area contributed by atoms with Crippen LogP contribution in [0.5, 0.6) is 0 Å². The van der Waals surface area contributed by atoms with Crippen LogP contribution in [-0.4, -0.2) is 35.7 Å². The van der Waals surface area contributed by atoms with E-state index in [2.05, 4.69) is 15.8 Å². The van der Waals surface area contributed by atoms with Gasteiger partial charge in [0.15, 0.2) is 0 Å². The normalized spacial score (nSPS) is 16.9. The van der Waals surface area contributed by atoms with E-state index in [9.17, 15) is 9.59 Å². The summed E-state index contributed by atoms with van der Waals surface area (Å²) in [4.78, 5) is 22.1. The molecule has 14 heavy (non-hydrogen) atoms. The minimum atomic E-state index is -0.519. The average Bonchev–Trinajstić information content (AvgIpc) is 2.56. The number of urea groups is 1. The van der Waals surface area contributed by atoms with E-state index in [4.69, 9.17) is 0 Å². The van der Waals surface area contributed by atoms with Crippen LogP contribution in [0.1, 0.15) is 6.92 Å². The van der Waals surface area contributed by atoms with E-state index < -0.39 is 5.97 Å². The van der Waals surface area contributed by atoms with Gasteiger partial charge in [-0.3, -0.25) is 0 Å². The summed E-state index contributed by atoms with van der Waals surface area (Å²) in [7, 11) is 1.27. The number of ether oxygens (including phenoxy) is 1. The van der Waals surface area contributed by atoms with Crippen molar-refractivity contribution in [1.29, 1.82) is 0 Å². The summed E-state index contributed by atoms with van der Waals surface area (Å²) in [6.45, 7) is 2.34. The van der Waals surface area contributed by atoms with Crippen molar-refractivity contribution < 1.29 is 14.3 Å². The van der Waals surface area contributed by atoms with Crippen molar-refractivity contribution in [2.45, 2.75) is 6.92 Å². The molecule has 2 N–H and O–H groups in total. The first kappa shape index (κ1) is 10.5. The fourth-order valence-electron chi connectivity index (χ4n) is 0.859.